The van der Waals surface area contributed by atoms with E-state index in [-0.39, 0.29) is 24.7 Å². The molecule has 0 aliphatic heterocycles. The summed E-state index contributed by atoms with van der Waals surface area (Å²) in [5, 5.41) is 29.0. The molecule has 0 saturated heterocycles. The van der Waals surface area contributed by atoms with Gasteiger partial charge >= 0.3 is 0 Å². The molecule has 0 aliphatic rings. The second-order valence-corrected chi connectivity index (χ2v) is 9.55. The molecule has 4 heteroatoms. The Kier molecular flexibility index (Phi) is 10.4. The summed E-state index contributed by atoms with van der Waals surface area (Å²) in [4.78, 5) is 0. The summed E-state index contributed by atoms with van der Waals surface area (Å²) < 4.78 is 5.71. The molecule has 4 nitrogen and oxygen atoms in total. The van der Waals surface area contributed by atoms with Crippen LogP contribution in [0, 0.1) is 19.8 Å². The number of aliphatic hydroxyl groups is 3. The predicted octanol–water partition coefficient (Wildman–Crippen LogP) is 5.48. The maximum atomic E-state index is 10.4. The fourth-order valence-electron chi connectivity index (χ4n) is 4.71. The van der Waals surface area contributed by atoms with E-state index in [9.17, 15) is 10.2 Å². The Morgan fingerprint density at radius 3 is 2.03 bits per heavy atom. The van der Waals surface area contributed by atoms with Crippen LogP contribution in [0.15, 0.2) is 36.4 Å². The van der Waals surface area contributed by atoms with Crippen LogP contribution in [0.4, 0.5) is 0 Å². The molecule has 2 aromatic carbocycles. The number of hydrogen-bond donors (Lipinski definition) is 3. The van der Waals surface area contributed by atoms with Crippen LogP contribution in [0.3, 0.4) is 0 Å². The van der Waals surface area contributed by atoms with Gasteiger partial charge in [-0.2, -0.15) is 0 Å². The van der Waals surface area contributed by atoms with Gasteiger partial charge in [0.2, 0.25) is 0 Å². The van der Waals surface area contributed by atoms with Gasteiger partial charge in [-0.05, 0) is 79.3 Å². The molecule has 0 saturated carbocycles. The molecule has 0 aromatic heterocycles. The number of hydrogen-bond acceptors (Lipinski definition) is 4. The van der Waals surface area contributed by atoms with Gasteiger partial charge < -0.3 is 20.1 Å². The first-order valence-electron chi connectivity index (χ1n) is 12.5. The molecule has 0 amide bonds. The van der Waals surface area contributed by atoms with Crippen LogP contribution < -0.4 is 4.74 Å². The van der Waals surface area contributed by atoms with Gasteiger partial charge in [0.25, 0.3) is 0 Å². The third-order valence-electron chi connectivity index (χ3n) is 7.48. The monoisotopic (exact) mass is 456 g/mol. The second kappa shape index (κ2) is 12.5. The molecule has 0 spiro atoms. The summed E-state index contributed by atoms with van der Waals surface area (Å²) in [5.74, 6) is 1.07. The Labute approximate surface area is 200 Å². The van der Waals surface area contributed by atoms with Gasteiger partial charge in [0.05, 0.1) is 12.7 Å². The number of aryl methyl sites for hydroxylation is 3. The maximum Gasteiger partial charge on any atom is 0.122 e. The molecule has 0 fully saturated rings. The smallest absolute Gasteiger partial charge is 0.122 e. The van der Waals surface area contributed by atoms with Gasteiger partial charge in [0.15, 0.2) is 0 Å². The van der Waals surface area contributed by atoms with Crippen LogP contribution in [0.5, 0.6) is 5.75 Å². The minimum atomic E-state index is -0.873. The molecule has 33 heavy (non-hydrogen) atoms. The third-order valence-corrected chi connectivity index (χ3v) is 7.48. The second-order valence-electron chi connectivity index (χ2n) is 9.55. The van der Waals surface area contributed by atoms with E-state index in [0.717, 1.165) is 43.4 Å². The van der Waals surface area contributed by atoms with Crippen molar-refractivity contribution in [3.63, 3.8) is 0 Å². The van der Waals surface area contributed by atoms with Crippen molar-refractivity contribution in [2.45, 2.75) is 91.3 Å². The number of ether oxygens (including phenoxy) is 1. The van der Waals surface area contributed by atoms with Gasteiger partial charge in [0.1, 0.15) is 18.5 Å². The first kappa shape index (κ1) is 27.4. The molecule has 0 aliphatic carbocycles. The van der Waals surface area contributed by atoms with Gasteiger partial charge in [0, 0.05) is 5.41 Å². The van der Waals surface area contributed by atoms with Crippen molar-refractivity contribution < 1.29 is 20.1 Å². The lowest BCUT2D eigenvalue weighted by Gasteiger charge is -2.34. The minimum absolute atomic E-state index is 0.0791. The van der Waals surface area contributed by atoms with Gasteiger partial charge in [-0.3, -0.25) is 0 Å². The summed E-state index contributed by atoms with van der Waals surface area (Å²) in [7, 11) is 0. The molecular weight excluding hydrogens is 412 g/mol. The summed E-state index contributed by atoms with van der Waals surface area (Å²) in [6.45, 7) is 12.7. The number of benzene rings is 2. The van der Waals surface area contributed by atoms with Crippen molar-refractivity contribution in [3.8, 4) is 5.75 Å². The lowest BCUT2D eigenvalue weighted by atomic mass is 9.69. The van der Waals surface area contributed by atoms with Crippen molar-refractivity contribution in [1.82, 2.24) is 0 Å². The Hall–Kier alpha value is -1.88. The number of rotatable bonds is 13. The van der Waals surface area contributed by atoms with Gasteiger partial charge in [-0.25, -0.2) is 0 Å². The average molecular weight is 457 g/mol. The summed E-state index contributed by atoms with van der Waals surface area (Å²) in [5.41, 5.74) is 6.11. The zero-order chi connectivity index (χ0) is 24.6. The molecule has 0 radical (unpaired) electrons. The highest BCUT2D eigenvalue weighted by Gasteiger charge is 2.31. The van der Waals surface area contributed by atoms with Crippen molar-refractivity contribution in [3.05, 3.63) is 64.2 Å². The van der Waals surface area contributed by atoms with E-state index in [1.165, 1.54) is 22.3 Å². The molecular formula is C29H44O4. The topological polar surface area (TPSA) is 69.9 Å². The molecule has 0 heterocycles. The average Bonchev–Trinajstić information content (AvgIpc) is 2.83. The Balaban J connectivity index is 2.29. The largest absolute Gasteiger partial charge is 0.491 e. The molecule has 0 bridgehead atoms. The molecule has 2 aromatic rings. The van der Waals surface area contributed by atoms with Crippen LogP contribution >= 0.6 is 0 Å². The van der Waals surface area contributed by atoms with E-state index < -0.39 is 6.10 Å². The lowest BCUT2D eigenvalue weighted by molar-refractivity contribution is 0.0534. The van der Waals surface area contributed by atoms with Gasteiger partial charge in [-0.1, -0.05) is 64.4 Å². The minimum Gasteiger partial charge on any atom is -0.491 e. The quantitative estimate of drug-likeness (QED) is 0.373. The van der Waals surface area contributed by atoms with Crippen molar-refractivity contribution in [2.24, 2.45) is 5.92 Å². The van der Waals surface area contributed by atoms with Gasteiger partial charge in [-0.15, -0.1) is 0 Å². The molecule has 3 N–H and O–H groups in total. The zero-order valence-corrected chi connectivity index (χ0v) is 21.4. The molecule has 184 valence electrons. The van der Waals surface area contributed by atoms with Crippen LogP contribution in [0.2, 0.25) is 0 Å². The van der Waals surface area contributed by atoms with E-state index in [0.29, 0.717) is 5.92 Å². The van der Waals surface area contributed by atoms with E-state index in [2.05, 4.69) is 65.0 Å². The fraction of sp³-hybridized carbons (Fsp3) is 0.586. The Bertz CT molecular complexity index is 872. The summed E-state index contributed by atoms with van der Waals surface area (Å²) in [6, 6.07) is 13.1. The SMILES string of the molecule is CCC(C)C(O)CCc1ccc(C(CC)(CC)c2ccc(OC[C@@H](O)CO)c(C)c2)cc1C. The number of aliphatic hydroxyl groups excluding tert-OH is 3. The molecule has 2 unspecified atom stereocenters. The summed E-state index contributed by atoms with van der Waals surface area (Å²) >= 11 is 0. The highest BCUT2D eigenvalue weighted by Crippen LogP contribution is 2.41. The van der Waals surface area contributed by atoms with Crippen LogP contribution in [0.25, 0.3) is 0 Å². The standard InChI is InChI=1S/C29H44O4/c1-7-20(4)27(32)14-11-23-10-12-24(16-21(23)5)29(8-2,9-3)25-13-15-28(22(6)17-25)33-19-26(31)18-30/h10,12-13,15-17,20,26-27,30-32H,7-9,11,14,18-19H2,1-6H3/t20?,26-,27?/m0/s1. The zero-order valence-electron chi connectivity index (χ0n) is 21.4. The Morgan fingerprint density at radius 2 is 1.52 bits per heavy atom. The highest BCUT2D eigenvalue weighted by atomic mass is 16.5. The first-order valence-corrected chi connectivity index (χ1v) is 12.5. The Morgan fingerprint density at radius 1 is 0.909 bits per heavy atom. The lowest BCUT2D eigenvalue weighted by Crippen LogP contribution is -2.27. The normalized spacial score (nSPS) is 14.7. The van der Waals surface area contributed by atoms with Crippen LogP contribution in [-0.2, 0) is 11.8 Å². The molecule has 2 rings (SSSR count). The third kappa shape index (κ3) is 6.59. The molecule has 3 atom stereocenters. The van der Waals surface area contributed by atoms with E-state index in [1.807, 2.05) is 13.0 Å². The van der Waals surface area contributed by atoms with E-state index in [1.54, 1.807) is 0 Å². The van der Waals surface area contributed by atoms with Crippen molar-refractivity contribution in [2.75, 3.05) is 13.2 Å². The van der Waals surface area contributed by atoms with Crippen molar-refractivity contribution >= 4 is 0 Å². The first-order chi connectivity index (χ1) is 15.7. The van der Waals surface area contributed by atoms with Crippen LogP contribution in [0.1, 0.15) is 81.2 Å². The maximum absolute atomic E-state index is 10.4. The van der Waals surface area contributed by atoms with Crippen LogP contribution in [-0.4, -0.2) is 40.7 Å². The van der Waals surface area contributed by atoms with E-state index >= 15 is 0 Å². The fourth-order valence-corrected chi connectivity index (χ4v) is 4.71. The highest BCUT2D eigenvalue weighted by molar-refractivity contribution is 5.47. The van der Waals surface area contributed by atoms with Crippen molar-refractivity contribution in [1.29, 1.82) is 0 Å². The summed E-state index contributed by atoms with van der Waals surface area (Å²) in [6.07, 6.45) is 3.54. The van der Waals surface area contributed by atoms with E-state index in [4.69, 9.17) is 9.84 Å². The predicted molar refractivity (Wildman–Crippen MR) is 136 cm³/mol.